The summed E-state index contributed by atoms with van der Waals surface area (Å²) >= 11 is 8.80. The van der Waals surface area contributed by atoms with Gasteiger partial charge in [0.05, 0.1) is 11.3 Å². The molecular formula is C23H20ClN3O2S2. The molecule has 0 radical (unpaired) electrons. The number of rotatable bonds is 6. The Kier molecular flexibility index (Phi) is 6.46. The number of nitrogens with one attached hydrogen (secondary N) is 1. The normalized spacial score (nSPS) is 11.1. The van der Waals surface area contributed by atoms with Gasteiger partial charge in [0.15, 0.2) is 5.16 Å². The number of hydrogen-bond donors (Lipinski definition) is 1. The zero-order valence-corrected chi connectivity index (χ0v) is 19.4. The molecule has 2 aromatic carbocycles. The number of thiophene rings is 1. The molecule has 0 bridgehead atoms. The van der Waals surface area contributed by atoms with Crippen LogP contribution in [0.25, 0.3) is 21.3 Å². The Balaban J connectivity index is 1.63. The number of carbonyl (C=O) groups is 1. The second-order valence-electron chi connectivity index (χ2n) is 6.89. The molecule has 0 fully saturated rings. The van der Waals surface area contributed by atoms with Crippen LogP contribution in [-0.2, 0) is 11.3 Å². The van der Waals surface area contributed by atoms with E-state index in [4.69, 9.17) is 16.6 Å². The predicted molar refractivity (Wildman–Crippen MR) is 131 cm³/mol. The lowest BCUT2D eigenvalue weighted by Gasteiger charge is -2.12. The first kappa shape index (κ1) is 21.6. The molecule has 31 heavy (non-hydrogen) atoms. The third kappa shape index (κ3) is 4.39. The van der Waals surface area contributed by atoms with Crippen LogP contribution in [0.2, 0.25) is 5.02 Å². The summed E-state index contributed by atoms with van der Waals surface area (Å²) in [4.78, 5) is 30.4. The van der Waals surface area contributed by atoms with Crippen LogP contribution in [0.4, 0.5) is 5.69 Å². The summed E-state index contributed by atoms with van der Waals surface area (Å²) in [5.74, 6) is -0.0460. The van der Waals surface area contributed by atoms with Gasteiger partial charge >= 0.3 is 0 Å². The largest absolute Gasteiger partial charge is 0.325 e. The number of anilines is 1. The number of amides is 1. The van der Waals surface area contributed by atoms with E-state index in [1.54, 1.807) is 16.7 Å². The van der Waals surface area contributed by atoms with Crippen LogP contribution in [0.5, 0.6) is 0 Å². The predicted octanol–water partition coefficient (Wildman–Crippen LogP) is 5.84. The Morgan fingerprint density at radius 3 is 2.71 bits per heavy atom. The topological polar surface area (TPSA) is 64.0 Å². The summed E-state index contributed by atoms with van der Waals surface area (Å²) in [6, 6.07) is 15.3. The van der Waals surface area contributed by atoms with Gasteiger partial charge < -0.3 is 5.32 Å². The van der Waals surface area contributed by atoms with Crippen LogP contribution in [-0.4, -0.2) is 21.2 Å². The average molecular weight is 470 g/mol. The lowest BCUT2D eigenvalue weighted by Crippen LogP contribution is -2.23. The average Bonchev–Trinajstić information content (AvgIpc) is 3.20. The fraction of sp³-hybridized carbons (Fsp3) is 0.174. The summed E-state index contributed by atoms with van der Waals surface area (Å²) in [7, 11) is 0. The van der Waals surface area contributed by atoms with Crippen molar-refractivity contribution in [3.8, 4) is 11.1 Å². The highest BCUT2D eigenvalue weighted by Gasteiger charge is 2.17. The maximum Gasteiger partial charge on any atom is 0.272 e. The smallest absolute Gasteiger partial charge is 0.272 e. The number of benzene rings is 2. The van der Waals surface area contributed by atoms with Crippen LogP contribution < -0.4 is 10.9 Å². The molecule has 158 valence electrons. The highest BCUT2D eigenvalue weighted by molar-refractivity contribution is 7.99. The van der Waals surface area contributed by atoms with Crippen LogP contribution in [0.3, 0.4) is 0 Å². The molecule has 1 N–H and O–H groups in total. The summed E-state index contributed by atoms with van der Waals surface area (Å²) in [6.45, 7) is 4.24. The van der Waals surface area contributed by atoms with E-state index in [0.717, 1.165) is 16.7 Å². The highest BCUT2D eigenvalue weighted by atomic mass is 35.5. The van der Waals surface area contributed by atoms with Crippen molar-refractivity contribution >= 4 is 56.5 Å². The van der Waals surface area contributed by atoms with Crippen LogP contribution in [0, 0.1) is 6.92 Å². The molecule has 2 aromatic heterocycles. The van der Waals surface area contributed by atoms with Crippen LogP contribution >= 0.6 is 34.7 Å². The lowest BCUT2D eigenvalue weighted by molar-refractivity contribution is -0.113. The SMILES string of the molecule is CCn1c(SCC(=O)Nc2cccc(Cl)c2C)nc2c(-c3ccccc3)csc2c1=O. The lowest BCUT2D eigenvalue weighted by atomic mass is 10.1. The number of halogens is 1. The molecule has 0 saturated carbocycles. The van der Waals surface area contributed by atoms with Gasteiger partial charge in [-0.3, -0.25) is 14.2 Å². The Labute approximate surface area is 193 Å². The van der Waals surface area contributed by atoms with Crippen molar-refractivity contribution in [2.24, 2.45) is 0 Å². The third-order valence-electron chi connectivity index (χ3n) is 4.92. The molecule has 8 heteroatoms. The second-order valence-corrected chi connectivity index (χ2v) is 9.12. The second kappa shape index (κ2) is 9.26. The first-order chi connectivity index (χ1) is 15.0. The first-order valence-corrected chi connectivity index (χ1v) is 12.0. The van der Waals surface area contributed by atoms with Crippen molar-refractivity contribution in [3.05, 3.63) is 74.9 Å². The van der Waals surface area contributed by atoms with E-state index < -0.39 is 0 Å². The minimum Gasteiger partial charge on any atom is -0.325 e. The van der Waals surface area contributed by atoms with Crippen molar-refractivity contribution in [2.45, 2.75) is 25.5 Å². The van der Waals surface area contributed by atoms with E-state index in [-0.39, 0.29) is 17.2 Å². The number of fused-ring (bicyclic) bond motifs is 1. The molecule has 4 aromatic rings. The van der Waals surface area contributed by atoms with Crippen molar-refractivity contribution in [2.75, 3.05) is 11.1 Å². The van der Waals surface area contributed by atoms with Gasteiger partial charge in [0.25, 0.3) is 5.56 Å². The third-order valence-corrected chi connectivity index (χ3v) is 7.26. The summed E-state index contributed by atoms with van der Waals surface area (Å²) in [5, 5.41) is 5.99. The number of aromatic nitrogens is 2. The van der Waals surface area contributed by atoms with Crippen molar-refractivity contribution in [1.82, 2.24) is 9.55 Å². The molecule has 0 atom stereocenters. The Morgan fingerprint density at radius 2 is 1.97 bits per heavy atom. The molecular weight excluding hydrogens is 450 g/mol. The minimum atomic E-state index is -0.180. The molecule has 0 aliphatic heterocycles. The fourth-order valence-corrected chi connectivity index (χ4v) is 5.24. The van der Waals surface area contributed by atoms with Gasteiger partial charge in [-0.15, -0.1) is 11.3 Å². The van der Waals surface area contributed by atoms with Crippen molar-refractivity contribution < 1.29 is 4.79 Å². The van der Waals surface area contributed by atoms with E-state index in [9.17, 15) is 9.59 Å². The quantitative estimate of drug-likeness (QED) is 0.284. The molecule has 0 aliphatic carbocycles. The summed E-state index contributed by atoms with van der Waals surface area (Å²) in [6.07, 6.45) is 0. The molecule has 0 saturated heterocycles. The molecule has 1 amide bonds. The molecule has 0 unspecified atom stereocenters. The highest BCUT2D eigenvalue weighted by Crippen LogP contribution is 2.32. The molecule has 2 heterocycles. The number of nitrogens with zero attached hydrogens (tertiary/aromatic N) is 2. The van der Waals surface area contributed by atoms with E-state index in [1.165, 1.54) is 23.1 Å². The van der Waals surface area contributed by atoms with Crippen molar-refractivity contribution in [1.29, 1.82) is 0 Å². The monoisotopic (exact) mass is 469 g/mol. The Morgan fingerprint density at radius 1 is 1.19 bits per heavy atom. The zero-order chi connectivity index (χ0) is 22.0. The van der Waals surface area contributed by atoms with Gasteiger partial charge in [-0.1, -0.05) is 59.8 Å². The summed E-state index contributed by atoms with van der Waals surface area (Å²) < 4.78 is 2.25. The Bertz CT molecular complexity index is 1320. The van der Waals surface area contributed by atoms with Gasteiger partial charge in [0.2, 0.25) is 5.91 Å². The van der Waals surface area contributed by atoms with Crippen molar-refractivity contribution in [3.63, 3.8) is 0 Å². The maximum absolute atomic E-state index is 13.0. The van der Waals surface area contributed by atoms with Gasteiger partial charge in [-0.05, 0) is 37.1 Å². The van der Waals surface area contributed by atoms with Gasteiger partial charge in [-0.2, -0.15) is 0 Å². The number of hydrogen-bond acceptors (Lipinski definition) is 5. The minimum absolute atomic E-state index is 0.0757. The maximum atomic E-state index is 13.0. The Hall–Kier alpha value is -2.61. The number of carbonyl (C=O) groups excluding carboxylic acids is 1. The van der Waals surface area contributed by atoms with E-state index in [0.29, 0.717) is 32.6 Å². The van der Waals surface area contributed by atoms with Gasteiger partial charge in [0.1, 0.15) is 4.70 Å². The summed E-state index contributed by atoms with van der Waals surface area (Å²) in [5.41, 5.74) is 4.05. The van der Waals surface area contributed by atoms with E-state index in [1.807, 2.05) is 55.6 Å². The molecule has 0 spiro atoms. The van der Waals surface area contributed by atoms with Crippen LogP contribution in [0.15, 0.2) is 63.9 Å². The zero-order valence-electron chi connectivity index (χ0n) is 17.0. The molecule has 4 rings (SSSR count). The van der Waals surface area contributed by atoms with Gasteiger partial charge in [-0.25, -0.2) is 4.98 Å². The molecule has 0 aliphatic rings. The molecule has 5 nitrogen and oxygen atoms in total. The fourth-order valence-electron chi connectivity index (χ4n) is 3.25. The van der Waals surface area contributed by atoms with E-state index >= 15 is 0 Å². The standard InChI is InChI=1S/C23H20ClN3O2S2/c1-3-27-22(29)21-20(16(12-30-21)15-8-5-4-6-9-15)26-23(27)31-13-19(28)25-18-11-7-10-17(24)14(18)2/h4-12H,3,13H2,1-2H3,(H,25,28). The van der Waals surface area contributed by atoms with Crippen LogP contribution in [0.1, 0.15) is 12.5 Å². The first-order valence-electron chi connectivity index (χ1n) is 9.74. The number of thioether (sulfide) groups is 1. The van der Waals surface area contributed by atoms with E-state index in [2.05, 4.69) is 5.32 Å². The van der Waals surface area contributed by atoms with Gasteiger partial charge in [0, 0.05) is 28.2 Å².